The van der Waals surface area contributed by atoms with Gasteiger partial charge in [0.2, 0.25) is 0 Å². The second kappa shape index (κ2) is 5.90. The molecule has 0 fully saturated rings. The number of ether oxygens (including phenoxy) is 1. The van der Waals surface area contributed by atoms with Gasteiger partial charge in [0.1, 0.15) is 11.5 Å². The standard InChI is InChI=1S/C19H16O3/c1-13(20)22-19-15(11-14-7-3-2-4-8-14)12-18(21)16-9-5-6-10-17(16)19/h2-10,12,21H,11H2,1H3. The van der Waals surface area contributed by atoms with E-state index in [0.29, 0.717) is 17.6 Å². The van der Waals surface area contributed by atoms with Crippen LogP contribution in [0.1, 0.15) is 18.1 Å². The van der Waals surface area contributed by atoms with Crippen LogP contribution in [0, 0.1) is 0 Å². The maximum Gasteiger partial charge on any atom is 0.308 e. The average Bonchev–Trinajstić information content (AvgIpc) is 2.52. The summed E-state index contributed by atoms with van der Waals surface area (Å²) < 4.78 is 5.44. The lowest BCUT2D eigenvalue weighted by atomic mass is 9.99. The second-order valence-electron chi connectivity index (χ2n) is 5.19. The number of phenolic OH excluding ortho intramolecular Hbond substituents is 1. The highest BCUT2D eigenvalue weighted by Crippen LogP contribution is 2.37. The number of rotatable bonds is 3. The van der Waals surface area contributed by atoms with E-state index in [0.717, 1.165) is 16.5 Å². The minimum absolute atomic E-state index is 0.192. The molecule has 110 valence electrons. The first-order valence-electron chi connectivity index (χ1n) is 7.11. The van der Waals surface area contributed by atoms with Gasteiger partial charge in [0, 0.05) is 29.7 Å². The van der Waals surface area contributed by atoms with Crippen LogP contribution < -0.4 is 4.74 Å². The number of carbonyl (C=O) groups is 1. The van der Waals surface area contributed by atoms with Crippen LogP contribution in [0.25, 0.3) is 10.8 Å². The number of fused-ring (bicyclic) bond motifs is 1. The van der Waals surface area contributed by atoms with E-state index in [9.17, 15) is 9.90 Å². The minimum Gasteiger partial charge on any atom is -0.507 e. The highest BCUT2D eigenvalue weighted by Gasteiger charge is 2.15. The van der Waals surface area contributed by atoms with Crippen molar-refractivity contribution in [1.29, 1.82) is 0 Å². The molecule has 0 spiro atoms. The predicted octanol–water partition coefficient (Wildman–Crippen LogP) is 4.06. The Bertz CT molecular complexity index is 823. The van der Waals surface area contributed by atoms with Gasteiger partial charge >= 0.3 is 5.97 Å². The Morgan fingerprint density at radius 2 is 1.64 bits per heavy atom. The summed E-state index contributed by atoms with van der Waals surface area (Å²) in [7, 11) is 0. The van der Waals surface area contributed by atoms with Gasteiger partial charge in [-0.1, -0.05) is 54.6 Å². The molecule has 0 saturated heterocycles. The fourth-order valence-electron chi connectivity index (χ4n) is 2.60. The monoisotopic (exact) mass is 292 g/mol. The minimum atomic E-state index is -0.370. The zero-order chi connectivity index (χ0) is 15.5. The summed E-state index contributed by atoms with van der Waals surface area (Å²) in [5.41, 5.74) is 1.88. The Morgan fingerprint density at radius 3 is 2.32 bits per heavy atom. The molecule has 3 heteroatoms. The smallest absolute Gasteiger partial charge is 0.308 e. The molecule has 0 radical (unpaired) electrons. The largest absolute Gasteiger partial charge is 0.507 e. The lowest BCUT2D eigenvalue weighted by Crippen LogP contribution is -2.05. The summed E-state index contributed by atoms with van der Waals surface area (Å²) in [5.74, 6) is 0.340. The zero-order valence-electron chi connectivity index (χ0n) is 12.2. The summed E-state index contributed by atoms with van der Waals surface area (Å²) in [6.45, 7) is 1.38. The van der Waals surface area contributed by atoms with Gasteiger partial charge in [-0.2, -0.15) is 0 Å². The van der Waals surface area contributed by atoms with Crippen molar-refractivity contribution in [1.82, 2.24) is 0 Å². The van der Waals surface area contributed by atoms with Crippen molar-refractivity contribution in [3.8, 4) is 11.5 Å². The lowest BCUT2D eigenvalue weighted by molar-refractivity contribution is -0.131. The van der Waals surface area contributed by atoms with Crippen LogP contribution in [0.4, 0.5) is 0 Å². The number of benzene rings is 3. The number of phenols is 1. The molecular formula is C19H16O3. The SMILES string of the molecule is CC(=O)Oc1c(Cc2ccccc2)cc(O)c2ccccc12. The molecular weight excluding hydrogens is 276 g/mol. The molecule has 0 amide bonds. The third-order valence-electron chi connectivity index (χ3n) is 3.53. The third-order valence-corrected chi connectivity index (χ3v) is 3.53. The first-order valence-corrected chi connectivity index (χ1v) is 7.11. The van der Waals surface area contributed by atoms with Gasteiger partial charge in [-0.15, -0.1) is 0 Å². The highest BCUT2D eigenvalue weighted by molar-refractivity contribution is 5.95. The molecule has 0 aromatic heterocycles. The molecule has 3 aromatic carbocycles. The summed E-state index contributed by atoms with van der Waals surface area (Å²) in [6, 6.07) is 18.9. The Morgan fingerprint density at radius 1 is 1.00 bits per heavy atom. The summed E-state index contributed by atoms with van der Waals surface area (Å²) in [6.07, 6.45) is 0.585. The fraction of sp³-hybridized carbons (Fsp3) is 0.105. The summed E-state index contributed by atoms with van der Waals surface area (Å²) in [4.78, 5) is 11.5. The summed E-state index contributed by atoms with van der Waals surface area (Å²) in [5, 5.41) is 11.7. The van der Waals surface area contributed by atoms with Gasteiger partial charge in [0.15, 0.2) is 0 Å². The molecule has 0 saturated carbocycles. The third kappa shape index (κ3) is 2.79. The van der Waals surface area contributed by atoms with E-state index in [1.165, 1.54) is 6.92 Å². The normalized spacial score (nSPS) is 10.6. The molecule has 22 heavy (non-hydrogen) atoms. The average molecular weight is 292 g/mol. The van der Waals surface area contributed by atoms with E-state index in [1.54, 1.807) is 6.07 Å². The van der Waals surface area contributed by atoms with Crippen LogP contribution in [0.3, 0.4) is 0 Å². The molecule has 0 aliphatic carbocycles. The van der Waals surface area contributed by atoms with Crippen molar-refractivity contribution >= 4 is 16.7 Å². The van der Waals surface area contributed by atoms with E-state index < -0.39 is 0 Å². The topological polar surface area (TPSA) is 46.5 Å². The predicted molar refractivity (Wildman–Crippen MR) is 86.2 cm³/mol. The summed E-state index contributed by atoms with van der Waals surface area (Å²) >= 11 is 0. The molecule has 1 N–H and O–H groups in total. The van der Waals surface area contributed by atoms with Crippen LogP contribution in [0.5, 0.6) is 11.5 Å². The second-order valence-corrected chi connectivity index (χ2v) is 5.19. The zero-order valence-corrected chi connectivity index (χ0v) is 12.2. The number of esters is 1. The van der Waals surface area contributed by atoms with Gasteiger partial charge in [0.05, 0.1) is 0 Å². The number of hydrogen-bond acceptors (Lipinski definition) is 3. The molecule has 3 nitrogen and oxygen atoms in total. The molecule has 0 bridgehead atoms. The van der Waals surface area contributed by atoms with Gasteiger partial charge in [-0.3, -0.25) is 4.79 Å². The Labute approximate surface area is 128 Å². The van der Waals surface area contributed by atoms with Crippen molar-refractivity contribution in [3.63, 3.8) is 0 Å². The molecule has 0 atom stereocenters. The van der Waals surface area contributed by atoms with E-state index >= 15 is 0 Å². The van der Waals surface area contributed by atoms with Gasteiger partial charge in [0.25, 0.3) is 0 Å². The number of carbonyl (C=O) groups excluding carboxylic acids is 1. The molecule has 3 aromatic rings. The van der Waals surface area contributed by atoms with E-state index in [4.69, 9.17) is 4.74 Å². The quantitative estimate of drug-likeness (QED) is 0.585. The van der Waals surface area contributed by atoms with Crippen LogP contribution in [0.2, 0.25) is 0 Å². The number of aromatic hydroxyl groups is 1. The van der Waals surface area contributed by atoms with E-state index in [-0.39, 0.29) is 11.7 Å². The Kier molecular flexibility index (Phi) is 3.79. The van der Waals surface area contributed by atoms with Crippen LogP contribution in [-0.4, -0.2) is 11.1 Å². The molecule has 0 aliphatic rings. The highest BCUT2D eigenvalue weighted by atomic mass is 16.5. The van der Waals surface area contributed by atoms with E-state index in [2.05, 4.69) is 0 Å². The van der Waals surface area contributed by atoms with Crippen molar-refractivity contribution in [2.24, 2.45) is 0 Å². The number of hydrogen-bond donors (Lipinski definition) is 1. The maximum atomic E-state index is 11.5. The van der Waals surface area contributed by atoms with Crippen molar-refractivity contribution in [2.45, 2.75) is 13.3 Å². The molecule has 0 aliphatic heterocycles. The fourth-order valence-corrected chi connectivity index (χ4v) is 2.60. The Balaban J connectivity index is 2.17. The first-order chi connectivity index (χ1) is 10.6. The van der Waals surface area contributed by atoms with Crippen molar-refractivity contribution < 1.29 is 14.6 Å². The lowest BCUT2D eigenvalue weighted by Gasteiger charge is -2.14. The molecule has 0 unspecified atom stereocenters. The first kappa shape index (κ1) is 14.1. The van der Waals surface area contributed by atoms with Gasteiger partial charge in [-0.05, 0) is 11.6 Å². The molecule has 3 rings (SSSR count). The van der Waals surface area contributed by atoms with Gasteiger partial charge in [-0.25, -0.2) is 0 Å². The van der Waals surface area contributed by atoms with Crippen LogP contribution in [-0.2, 0) is 11.2 Å². The van der Waals surface area contributed by atoms with Crippen LogP contribution >= 0.6 is 0 Å². The van der Waals surface area contributed by atoms with Gasteiger partial charge < -0.3 is 9.84 Å². The molecule has 0 heterocycles. The van der Waals surface area contributed by atoms with Crippen molar-refractivity contribution in [3.05, 3.63) is 71.8 Å². The van der Waals surface area contributed by atoms with Crippen molar-refractivity contribution in [2.75, 3.05) is 0 Å². The Hall–Kier alpha value is -2.81. The maximum absolute atomic E-state index is 11.5. The van der Waals surface area contributed by atoms with E-state index in [1.807, 2.05) is 54.6 Å². The van der Waals surface area contributed by atoms with Crippen LogP contribution in [0.15, 0.2) is 60.7 Å².